The van der Waals surface area contributed by atoms with Gasteiger partial charge in [0.05, 0.1) is 36.6 Å². The van der Waals surface area contributed by atoms with E-state index >= 15 is 0 Å². The Morgan fingerprint density at radius 1 is 1.02 bits per heavy atom. The predicted molar refractivity (Wildman–Crippen MR) is 173 cm³/mol. The number of likely N-dealkylation sites (tertiary alicyclic amines) is 1. The van der Waals surface area contributed by atoms with Crippen molar-refractivity contribution in [1.29, 1.82) is 0 Å². The van der Waals surface area contributed by atoms with Gasteiger partial charge in [-0.15, -0.1) is 0 Å². The van der Waals surface area contributed by atoms with Crippen molar-refractivity contribution >= 4 is 23.7 Å². The second-order valence-electron chi connectivity index (χ2n) is 12.6. The van der Waals surface area contributed by atoms with E-state index in [1.54, 1.807) is 30.9 Å². The van der Waals surface area contributed by atoms with Gasteiger partial charge in [-0.2, -0.15) is 0 Å². The number of carboxylic acid groups (broad SMARTS) is 1. The number of carbonyl (C=O) groups is 4. The molecule has 1 aliphatic rings. The second-order valence-corrected chi connectivity index (χ2v) is 12.6. The van der Waals surface area contributed by atoms with Crippen LogP contribution in [0.25, 0.3) is 0 Å². The van der Waals surface area contributed by atoms with Crippen molar-refractivity contribution < 1.29 is 33.8 Å². The van der Waals surface area contributed by atoms with Crippen molar-refractivity contribution in [2.24, 2.45) is 17.8 Å². The zero-order chi connectivity index (χ0) is 33.7. The highest BCUT2D eigenvalue weighted by atomic mass is 16.5. The van der Waals surface area contributed by atoms with Crippen molar-refractivity contribution in [3.63, 3.8) is 0 Å². The Balaban J connectivity index is 3.15. The van der Waals surface area contributed by atoms with Crippen molar-refractivity contribution in [2.45, 2.75) is 124 Å². The molecule has 1 saturated heterocycles. The topological polar surface area (TPSA) is 125 Å². The number of likely N-dealkylation sites (N-methyl/N-ethyl adjacent to an activating group) is 1. The van der Waals surface area contributed by atoms with Crippen LogP contribution < -0.4 is 5.32 Å². The van der Waals surface area contributed by atoms with Gasteiger partial charge in [0.1, 0.15) is 6.04 Å². The number of carboxylic acids is 1. The number of aliphatic carboxylic acids is 1. The van der Waals surface area contributed by atoms with Crippen LogP contribution in [-0.4, -0.2) is 96.7 Å². The molecule has 0 aromatic rings. The van der Waals surface area contributed by atoms with Crippen molar-refractivity contribution in [3.8, 4) is 0 Å². The molecule has 10 heteroatoms. The van der Waals surface area contributed by atoms with Gasteiger partial charge in [0, 0.05) is 40.7 Å². The fraction of sp³-hybridized carbons (Fsp3) is 0.765. The molecular formula is C34H59N3O7. The SMILES string of the molecule is C/C=C(C)\C(=C/C)CC(NC(=O)C(C)C(OC)C1CCCN1C(=O)CC(OC)C(C(C)CC)N(C)C(=O)CC(C)C)C(=O)O. The first-order chi connectivity index (χ1) is 20.7. The van der Waals surface area contributed by atoms with Crippen LogP contribution in [0.3, 0.4) is 0 Å². The van der Waals surface area contributed by atoms with Gasteiger partial charge in [0.15, 0.2) is 0 Å². The molecule has 1 fully saturated rings. The maximum absolute atomic E-state index is 13.8. The van der Waals surface area contributed by atoms with Crippen LogP contribution >= 0.6 is 0 Å². The van der Waals surface area contributed by atoms with Crippen LogP contribution in [0.15, 0.2) is 23.3 Å². The van der Waals surface area contributed by atoms with Gasteiger partial charge in [-0.3, -0.25) is 14.4 Å². The van der Waals surface area contributed by atoms with E-state index in [0.717, 1.165) is 24.0 Å². The number of hydrogen-bond acceptors (Lipinski definition) is 6. The van der Waals surface area contributed by atoms with Crippen LogP contribution in [0.5, 0.6) is 0 Å². The van der Waals surface area contributed by atoms with E-state index in [1.165, 1.54) is 7.11 Å². The molecule has 3 amide bonds. The minimum atomic E-state index is -1.11. The lowest BCUT2D eigenvalue weighted by Gasteiger charge is -2.39. The molecule has 0 bridgehead atoms. The van der Waals surface area contributed by atoms with Crippen LogP contribution in [0, 0.1) is 17.8 Å². The van der Waals surface area contributed by atoms with Gasteiger partial charge in [0.2, 0.25) is 17.7 Å². The lowest BCUT2D eigenvalue weighted by atomic mass is 9.90. The van der Waals surface area contributed by atoms with E-state index in [-0.39, 0.29) is 48.6 Å². The Morgan fingerprint density at radius 2 is 1.66 bits per heavy atom. The molecule has 2 N–H and O–H groups in total. The van der Waals surface area contributed by atoms with E-state index in [0.29, 0.717) is 19.4 Å². The van der Waals surface area contributed by atoms with Crippen LogP contribution in [0.2, 0.25) is 0 Å². The maximum atomic E-state index is 13.8. The predicted octanol–water partition coefficient (Wildman–Crippen LogP) is 4.82. The molecule has 44 heavy (non-hydrogen) atoms. The molecule has 0 aromatic heterocycles. The monoisotopic (exact) mass is 621 g/mol. The second kappa shape index (κ2) is 18.9. The summed E-state index contributed by atoms with van der Waals surface area (Å²) in [6.45, 7) is 16.0. The zero-order valence-electron chi connectivity index (χ0n) is 29.0. The van der Waals surface area contributed by atoms with Gasteiger partial charge in [-0.25, -0.2) is 4.79 Å². The summed E-state index contributed by atoms with van der Waals surface area (Å²) in [5.74, 6) is -2.01. The molecule has 252 valence electrons. The Labute approximate surface area is 265 Å². The Morgan fingerprint density at radius 3 is 2.14 bits per heavy atom. The minimum Gasteiger partial charge on any atom is -0.480 e. The highest BCUT2D eigenvalue weighted by molar-refractivity contribution is 5.85. The summed E-state index contributed by atoms with van der Waals surface area (Å²) in [6.07, 6.45) is 5.56. The Hall–Kier alpha value is -2.72. The number of allylic oxidation sites excluding steroid dienone is 3. The van der Waals surface area contributed by atoms with Gasteiger partial charge >= 0.3 is 5.97 Å². The first-order valence-electron chi connectivity index (χ1n) is 16.1. The quantitative estimate of drug-likeness (QED) is 0.210. The smallest absolute Gasteiger partial charge is 0.326 e. The molecule has 0 spiro atoms. The largest absolute Gasteiger partial charge is 0.480 e. The fourth-order valence-electron chi connectivity index (χ4n) is 6.23. The van der Waals surface area contributed by atoms with Crippen molar-refractivity contribution in [1.82, 2.24) is 15.1 Å². The average Bonchev–Trinajstić information content (AvgIpc) is 3.47. The highest BCUT2D eigenvalue weighted by Gasteiger charge is 2.42. The fourth-order valence-corrected chi connectivity index (χ4v) is 6.23. The summed E-state index contributed by atoms with van der Waals surface area (Å²) in [5, 5.41) is 12.6. The summed E-state index contributed by atoms with van der Waals surface area (Å²) in [5.41, 5.74) is 1.81. The number of rotatable bonds is 18. The zero-order valence-corrected chi connectivity index (χ0v) is 29.0. The molecule has 0 aromatic carbocycles. The summed E-state index contributed by atoms with van der Waals surface area (Å²) >= 11 is 0. The number of amides is 3. The number of nitrogens with one attached hydrogen (secondary N) is 1. The van der Waals surface area contributed by atoms with Crippen LogP contribution in [0.4, 0.5) is 0 Å². The van der Waals surface area contributed by atoms with E-state index in [9.17, 15) is 24.3 Å². The highest BCUT2D eigenvalue weighted by Crippen LogP contribution is 2.29. The molecule has 7 unspecified atom stereocenters. The van der Waals surface area contributed by atoms with Gasteiger partial charge < -0.3 is 29.7 Å². The molecular weight excluding hydrogens is 562 g/mol. The Bertz CT molecular complexity index is 1020. The van der Waals surface area contributed by atoms with E-state index in [2.05, 4.69) is 19.2 Å². The molecule has 1 aliphatic heterocycles. The lowest BCUT2D eigenvalue weighted by molar-refractivity contribution is -0.147. The molecule has 10 nitrogen and oxygen atoms in total. The summed E-state index contributed by atoms with van der Waals surface area (Å²) in [7, 11) is 4.89. The summed E-state index contributed by atoms with van der Waals surface area (Å²) in [4.78, 5) is 55.8. The summed E-state index contributed by atoms with van der Waals surface area (Å²) < 4.78 is 11.7. The number of ether oxygens (including phenoxy) is 2. The van der Waals surface area contributed by atoms with Gasteiger partial charge in [0.25, 0.3) is 0 Å². The molecule has 0 radical (unpaired) electrons. The molecule has 1 heterocycles. The summed E-state index contributed by atoms with van der Waals surface area (Å²) in [6, 6.07) is -1.72. The van der Waals surface area contributed by atoms with Crippen LogP contribution in [-0.2, 0) is 28.7 Å². The normalized spacial score (nSPS) is 20.1. The number of carbonyl (C=O) groups excluding carboxylic acids is 3. The van der Waals surface area contributed by atoms with E-state index in [4.69, 9.17) is 9.47 Å². The number of nitrogens with zero attached hydrogens (tertiary/aromatic N) is 2. The van der Waals surface area contributed by atoms with Gasteiger partial charge in [-0.05, 0) is 51.0 Å². The van der Waals surface area contributed by atoms with Gasteiger partial charge in [-0.1, -0.05) is 58.8 Å². The van der Waals surface area contributed by atoms with E-state index in [1.807, 2.05) is 46.8 Å². The average molecular weight is 622 g/mol. The minimum absolute atomic E-state index is 0.0280. The first kappa shape index (κ1) is 39.3. The molecule has 0 saturated carbocycles. The standard InChI is InChI=1S/C34H59N3O7/c1-12-22(6)25(14-3)19-26(34(41)42)35-33(40)24(8)32(44-11)27-16-15-17-37(27)30(39)20-28(43-10)31(23(7)13-2)36(9)29(38)18-21(4)5/h12,14,21,23-24,26-28,31-32H,13,15-20H2,1-11H3,(H,35,40)(H,41,42)/b22-12-,25-14-. The van der Waals surface area contributed by atoms with Crippen molar-refractivity contribution in [3.05, 3.63) is 23.3 Å². The lowest BCUT2D eigenvalue weighted by Crippen LogP contribution is -2.54. The third kappa shape index (κ3) is 10.7. The van der Waals surface area contributed by atoms with Crippen LogP contribution in [0.1, 0.15) is 93.9 Å². The van der Waals surface area contributed by atoms with Crippen molar-refractivity contribution in [2.75, 3.05) is 27.8 Å². The third-order valence-corrected chi connectivity index (χ3v) is 9.21. The Kier molecular flexibility index (Phi) is 16.9. The number of hydrogen-bond donors (Lipinski definition) is 2. The maximum Gasteiger partial charge on any atom is 0.326 e. The van der Waals surface area contributed by atoms with E-state index < -0.39 is 36.0 Å². The molecule has 7 atom stereocenters. The third-order valence-electron chi connectivity index (χ3n) is 9.21. The number of methoxy groups -OCH3 is 2. The molecule has 0 aliphatic carbocycles. The first-order valence-corrected chi connectivity index (χ1v) is 16.1. The molecule has 1 rings (SSSR count).